The summed E-state index contributed by atoms with van der Waals surface area (Å²) in [5.41, 5.74) is 12.9. The van der Waals surface area contributed by atoms with Gasteiger partial charge in [0.15, 0.2) is 0 Å². The van der Waals surface area contributed by atoms with Gasteiger partial charge in [0, 0.05) is 24.9 Å². The van der Waals surface area contributed by atoms with Gasteiger partial charge in [0.1, 0.15) is 0 Å². The number of hydrogen-bond acceptors (Lipinski definition) is 4. The number of primary amides is 1. The van der Waals surface area contributed by atoms with Gasteiger partial charge in [0.2, 0.25) is 11.8 Å². The zero-order valence-electron chi connectivity index (χ0n) is 12.1. The second-order valence-electron chi connectivity index (χ2n) is 5.03. The van der Waals surface area contributed by atoms with Crippen LogP contribution in [0.15, 0.2) is 42.9 Å². The van der Waals surface area contributed by atoms with E-state index in [-0.39, 0.29) is 12.5 Å². The van der Waals surface area contributed by atoms with Gasteiger partial charge in [-0.2, -0.15) is 0 Å². The molecule has 7 heteroatoms. The molecule has 0 unspecified atom stereocenters. The van der Waals surface area contributed by atoms with Crippen molar-refractivity contribution in [3.05, 3.63) is 54.1 Å². The number of H-pyrrole nitrogens is 1. The number of aromatic nitrogens is 2. The number of amides is 2. The molecular weight excluding hydrogens is 282 g/mol. The second kappa shape index (κ2) is 7.37. The number of carbonyl (C=O) groups is 2. The quantitative estimate of drug-likeness (QED) is 0.656. The Bertz CT molecular complexity index is 612. The summed E-state index contributed by atoms with van der Waals surface area (Å²) in [6, 6.07) is 8.61. The lowest BCUT2D eigenvalue weighted by Crippen LogP contribution is -2.47. The number of imidazole rings is 1. The molecule has 2 amide bonds. The fourth-order valence-corrected chi connectivity index (χ4v) is 2.16. The Morgan fingerprint density at radius 3 is 2.59 bits per heavy atom. The smallest absolute Gasteiger partial charge is 0.240 e. The fraction of sp³-hybridized carbons (Fsp3) is 0.267. The molecule has 0 aliphatic rings. The molecule has 0 saturated heterocycles. The number of benzene rings is 1. The number of aromatic amines is 1. The highest BCUT2D eigenvalue weighted by molar-refractivity contribution is 5.86. The Kier molecular flexibility index (Phi) is 5.26. The van der Waals surface area contributed by atoms with Gasteiger partial charge in [-0.3, -0.25) is 9.59 Å². The molecule has 1 aromatic carbocycles. The molecule has 0 aliphatic carbocycles. The van der Waals surface area contributed by atoms with Crippen LogP contribution in [0, 0.1) is 0 Å². The third kappa shape index (κ3) is 4.42. The molecule has 7 nitrogen and oxygen atoms in total. The van der Waals surface area contributed by atoms with E-state index in [1.807, 2.05) is 30.3 Å². The minimum absolute atomic E-state index is 0.162. The van der Waals surface area contributed by atoms with Gasteiger partial charge < -0.3 is 21.4 Å². The van der Waals surface area contributed by atoms with Gasteiger partial charge in [0.05, 0.1) is 18.9 Å². The van der Waals surface area contributed by atoms with Crippen LogP contribution in [0.5, 0.6) is 0 Å². The van der Waals surface area contributed by atoms with Gasteiger partial charge in [-0.1, -0.05) is 30.3 Å². The SMILES string of the molecule is NC(=O)CN(Cc1ccccc1)C(=O)[C@@H](N)Cc1cnc[nH]1. The molecule has 1 aromatic heterocycles. The first-order valence-electron chi connectivity index (χ1n) is 6.90. The van der Waals surface area contributed by atoms with Crippen molar-refractivity contribution in [1.82, 2.24) is 14.9 Å². The highest BCUT2D eigenvalue weighted by atomic mass is 16.2. The summed E-state index contributed by atoms with van der Waals surface area (Å²) in [5.74, 6) is -0.893. The molecule has 0 fully saturated rings. The highest BCUT2D eigenvalue weighted by Gasteiger charge is 2.23. The topological polar surface area (TPSA) is 118 Å². The van der Waals surface area contributed by atoms with E-state index in [0.717, 1.165) is 11.3 Å². The van der Waals surface area contributed by atoms with E-state index in [4.69, 9.17) is 11.5 Å². The van der Waals surface area contributed by atoms with Crippen LogP contribution in [0.2, 0.25) is 0 Å². The van der Waals surface area contributed by atoms with Crippen molar-refractivity contribution in [2.45, 2.75) is 19.0 Å². The Balaban J connectivity index is 2.06. The Labute approximate surface area is 128 Å². The maximum absolute atomic E-state index is 12.5. The molecule has 1 heterocycles. The average Bonchev–Trinajstić information content (AvgIpc) is 2.99. The maximum Gasteiger partial charge on any atom is 0.240 e. The van der Waals surface area contributed by atoms with Crippen molar-refractivity contribution < 1.29 is 9.59 Å². The third-order valence-corrected chi connectivity index (χ3v) is 3.19. The fourth-order valence-electron chi connectivity index (χ4n) is 2.16. The van der Waals surface area contributed by atoms with Gasteiger partial charge in [-0.05, 0) is 5.56 Å². The Morgan fingerprint density at radius 2 is 2.00 bits per heavy atom. The average molecular weight is 301 g/mol. The van der Waals surface area contributed by atoms with Crippen LogP contribution in [0.25, 0.3) is 0 Å². The Morgan fingerprint density at radius 1 is 1.27 bits per heavy atom. The van der Waals surface area contributed by atoms with Crippen molar-refractivity contribution in [2.24, 2.45) is 11.5 Å². The van der Waals surface area contributed by atoms with Crippen molar-refractivity contribution in [2.75, 3.05) is 6.54 Å². The van der Waals surface area contributed by atoms with Crippen LogP contribution in [0.1, 0.15) is 11.3 Å². The van der Waals surface area contributed by atoms with Crippen molar-refractivity contribution in [3.63, 3.8) is 0 Å². The molecule has 1 atom stereocenters. The molecule has 5 N–H and O–H groups in total. The highest BCUT2D eigenvalue weighted by Crippen LogP contribution is 2.07. The molecule has 0 bridgehead atoms. The molecular formula is C15H19N5O2. The summed E-state index contributed by atoms with van der Waals surface area (Å²) < 4.78 is 0. The molecule has 0 radical (unpaired) electrons. The van der Waals surface area contributed by atoms with Crippen LogP contribution in [0.4, 0.5) is 0 Å². The van der Waals surface area contributed by atoms with Crippen molar-refractivity contribution in [3.8, 4) is 0 Å². The number of carbonyl (C=O) groups excluding carboxylic acids is 2. The summed E-state index contributed by atoms with van der Waals surface area (Å²) in [6.07, 6.45) is 3.46. The summed E-state index contributed by atoms with van der Waals surface area (Å²) in [7, 11) is 0. The second-order valence-corrected chi connectivity index (χ2v) is 5.03. The third-order valence-electron chi connectivity index (χ3n) is 3.19. The monoisotopic (exact) mass is 301 g/mol. The summed E-state index contributed by atoms with van der Waals surface area (Å²) in [4.78, 5) is 31.8. The first-order valence-corrected chi connectivity index (χ1v) is 6.90. The number of nitrogens with one attached hydrogen (secondary N) is 1. The van der Waals surface area contributed by atoms with Crippen LogP contribution >= 0.6 is 0 Å². The van der Waals surface area contributed by atoms with Crippen molar-refractivity contribution in [1.29, 1.82) is 0 Å². The first-order chi connectivity index (χ1) is 10.6. The normalized spacial score (nSPS) is 11.9. The summed E-state index contributed by atoms with van der Waals surface area (Å²) >= 11 is 0. The lowest BCUT2D eigenvalue weighted by atomic mass is 10.1. The standard InChI is InChI=1S/C15H19N5O2/c16-13(6-12-7-18-10-19-12)15(22)20(9-14(17)21)8-11-4-2-1-3-5-11/h1-5,7,10,13H,6,8-9,16H2,(H2,17,21)(H,18,19)/t13-/m0/s1. The number of rotatable bonds is 7. The summed E-state index contributed by atoms with van der Waals surface area (Å²) in [6.45, 7) is 0.129. The van der Waals surface area contributed by atoms with E-state index in [2.05, 4.69) is 9.97 Å². The van der Waals surface area contributed by atoms with E-state index >= 15 is 0 Å². The van der Waals surface area contributed by atoms with Gasteiger partial charge in [0.25, 0.3) is 0 Å². The lowest BCUT2D eigenvalue weighted by Gasteiger charge is -2.24. The molecule has 0 saturated carbocycles. The van der Waals surface area contributed by atoms with E-state index in [9.17, 15) is 9.59 Å². The largest absolute Gasteiger partial charge is 0.368 e. The zero-order valence-corrected chi connectivity index (χ0v) is 12.1. The van der Waals surface area contributed by atoms with E-state index < -0.39 is 11.9 Å². The van der Waals surface area contributed by atoms with Gasteiger partial charge in [-0.15, -0.1) is 0 Å². The van der Waals surface area contributed by atoms with E-state index in [1.54, 1.807) is 6.20 Å². The predicted molar refractivity (Wildman–Crippen MR) is 81.3 cm³/mol. The van der Waals surface area contributed by atoms with E-state index in [0.29, 0.717) is 13.0 Å². The number of nitrogens with zero attached hydrogens (tertiary/aromatic N) is 2. The number of nitrogens with two attached hydrogens (primary N) is 2. The number of hydrogen-bond donors (Lipinski definition) is 3. The zero-order chi connectivity index (χ0) is 15.9. The molecule has 2 aromatic rings. The van der Waals surface area contributed by atoms with Gasteiger partial charge in [-0.25, -0.2) is 4.98 Å². The molecule has 0 aliphatic heterocycles. The van der Waals surface area contributed by atoms with E-state index in [1.165, 1.54) is 11.2 Å². The van der Waals surface area contributed by atoms with Crippen LogP contribution in [-0.4, -0.2) is 39.3 Å². The molecule has 116 valence electrons. The minimum atomic E-state index is -0.761. The predicted octanol–water partition coefficient (Wildman–Crippen LogP) is -0.206. The van der Waals surface area contributed by atoms with Crippen LogP contribution in [-0.2, 0) is 22.6 Å². The maximum atomic E-state index is 12.5. The van der Waals surface area contributed by atoms with Gasteiger partial charge >= 0.3 is 0 Å². The van der Waals surface area contributed by atoms with Crippen LogP contribution in [0.3, 0.4) is 0 Å². The summed E-state index contributed by atoms with van der Waals surface area (Å²) in [5, 5.41) is 0. The molecule has 2 rings (SSSR count). The van der Waals surface area contributed by atoms with Crippen LogP contribution < -0.4 is 11.5 Å². The molecule has 0 spiro atoms. The first kappa shape index (κ1) is 15.7. The lowest BCUT2D eigenvalue weighted by molar-refractivity contribution is -0.136. The Hall–Kier alpha value is -2.67. The van der Waals surface area contributed by atoms with Crippen molar-refractivity contribution >= 4 is 11.8 Å². The molecule has 22 heavy (non-hydrogen) atoms. The minimum Gasteiger partial charge on any atom is -0.368 e.